The van der Waals surface area contributed by atoms with E-state index in [1.165, 1.54) is 16.8 Å². The Kier molecular flexibility index (Phi) is 5.77. The molecule has 4 atom stereocenters. The van der Waals surface area contributed by atoms with Crippen molar-refractivity contribution in [1.82, 2.24) is 9.55 Å². The Morgan fingerprint density at radius 2 is 2.07 bits per heavy atom. The van der Waals surface area contributed by atoms with Crippen LogP contribution in [0.2, 0.25) is 18.1 Å². The lowest BCUT2D eigenvalue weighted by Crippen LogP contribution is -2.48. The fourth-order valence-electron chi connectivity index (χ4n) is 3.07. The summed E-state index contributed by atoms with van der Waals surface area (Å²) < 4.78 is 14.1. The van der Waals surface area contributed by atoms with Gasteiger partial charge in [0.15, 0.2) is 20.3 Å². The van der Waals surface area contributed by atoms with Crippen LogP contribution in [0.4, 0.5) is 0 Å². The molecule has 0 spiro atoms. The highest BCUT2D eigenvalue weighted by atomic mass is 28.4. The van der Waals surface area contributed by atoms with E-state index in [2.05, 4.69) is 48.9 Å². The topological polar surface area (TPSA) is 122 Å². The Bertz CT molecular complexity index is 852. The lowest BCUT2D eigenvalue weighted by molar-refractivity contribution is -0.0917. The van der Waals surface area contributed by atoms with E-state index in [0.29, 0.717) is 6.42 Å². The van der Waals surface area contributed by atoms with Gasteiger partial charge < -0.3 is 9.16 Å². The molecule has 0 radical (unpaired) electrons. The summed E-state index contributed by atoms with van der Waals surface area (Å²) in [4.78, 5) is 29.0. The Balaban J connectivity index is 2.58. The fraction of sp³-hybridized carbons (Fsp3) is 0.765. The van der Waals surface area contributed by atoms with Gasteiger partial charge in [-0.3, -0.25) is 14.3 Å². The van der Waals surface area contributed by atoms with Gasteiger partial charge in [-0.25, -0.2) is 4.79 Å². The molecule has 1 aliphatic rings. The number of aromatic nitrogens is 2. The first-order valence-corrected chi connectivity index (χ1v) is 12.0. The molecule has 150 valence electrons. The standard InChI is InChI=1S/C17H29N5O4Si/c1-8-17(20-21-18)11(2)13(26-27(6,7)16(3,4)5)14(25-17)22-10-9-12(23)19-15(22)24/h9-11,13-14H,8H2,1-7H3,(H,19,23,24)/t11-,13?,14-,17-/m1/s1. The molecule has 1 fully saturated rings. The normalized spacial score (nSPS) is 28.8. The third-order valence-corrected chi connectivity index (χ3v) is 10.4. The molecule has 0 aromatic carbocycles. The molecule has 1 aliphatic heterocycles. The maximum atomic E-state index is 12.4. The van der Waals surface area contributed by atoms with Crippen molar-refractivity contribution in [3.63, 3.8) is 0 Å². The van der Waals surface area contributed by atoms with E-state index in [4.69, 9.17) is 14.7 Å². The minimum absolute atomic E-state index is 0.0524. The van der Waals surface area contributed by atoms with Gasteiger partial charge >= 0.3 is 5.69 Å². The molecular weight excluding hydrogens is 366 g/mol. The Labute approximate surface area is 159 Å². The molecule has 0 bridgehead atoms. The summed E-state index contributed by atoms with van der Waals surface area (Å²) in [6, 6.07) is 1.26. The van der Waals surface area contributed by atoms with Crippen molar-refractivity contribution < 1.29 is 9.16 Å². The Morgan fingerprint density at radius 1 is 1.44 bits per heavy atom. The van der Waals surface area contributed by atoms with E-state index in [0.717, 1.165) is 0 Å². The van der Waals surface area contributed by atoms with Crippen LogP contribution in [0.1, 0.15) is 47.3 Å². The van der Waals surface area contributed by atoms with Crippen molar-refractivity contribution >= 4 is 8.32 Å². The second-order valence-electron chi connectivity index (χ2n) is 8.55. The monoisotopic (exact) mass is 395 g/mol. The summed E-state index contributed by atoms with van der Waals surface area (Å²) in [5.74, 6) is -0.281. The quantitative estimate of drug-likeness (QED) is 0.355. The van der Waals surface area contributed by atoms with Crippen molar-refractivity contribution in [3.8, 4) is 0 Å². The Hall–Kier alpha value is -1.87. The Morgan fingerprint density at radius 3 is 2.56 bits per heavy atom. The zero-order chi connectivity index (χ0) is 20.6. The third kappa shape index (κ3) is 3.89. The van der Waals surface area contributed by atoms with Crippen LogP contribution in [0.15, 0.2) is 27.0 Å². The average Bonchev–Trinajstić information content (AvgIpc) is 2.80. The van der Waals surface area contributed by atoms with E-state index in [1.807, 2.05) is 13.8 Å². The van der Waals surface area contributed by atoms with Gasteiger partial charge in [0, 0.05) is 23.1 Å². The molecule has 0 amide bonds. The lowest BCUT2D eigenvalue weighted by Gasteiger charge is -2.40. The van der Waals surface area contributed by atoms with Gasteiger partial charge in [-0.05, 0) is 30.1 Å². The molecule has 2 rings (SSSR count). The van der Waals surface area contributed by atoms with Crippen LogP contribution in [0.3, 0.4) is 0 Å². The number of hydrogen-bond acceptors (Lipinski definition) is 5. The van der Waals surface area contributed by atoms with Gasteiger partial charge in [0.2, 0.25) is 0 Å². The van der Waals surface area contributed by atoms with Gasteiger partial charge in [0.05, 0.1) is 6.10 Å². The summed E-state index contributed by atoms with van der Waals surface area (Å²) in [6.45, 7) is 14.4. The first-order chi connectivity index (χ1) is 12.4. The minimum Gasteiger partial charge on any atom is -0.409 e. The van der Waals surface area contributed by atoms with Crippen molar-refractivity contribution in [2.75, 3.05) is 0 Å². The number of nitrogens with one attached hydrogen (secondary N) is 1. The number of azide groups is 1. The third-order valence-electron chi connectivity index (χ3n) is 5.89. The van der Waals surface area contributed by atoms with Gasteiger partial charge in [-0.15, -0.1) is 0 Å². The number of nitrogens with zero attached hydrogens (tertiary/aromatic N) is 4. The maximum absolute atomic E-state index is 12.4. The summed E-state index contributed by atoms with van der Waals surface area (Å²) in [5, 5.41) is 3.87. The van der Waals surface area contributed by atoms with Crippen LogP contribution in [0, 0.1) is 5.92 Å². The molecule has 1 aromatic rings. The first-order valence-electron chi connectivity index (χ1n) is 9.12. The van der Waals surface area contributed by atoms with Crippen molar-refractivity contribution in [3.05, 3.63) is 43.5 Å². The highest BCUT2D eigenvalue weighted by Crippen LogP contribution is 2.48. The molecule has 10 heteroatoms. The van der Waals surface area contributed by atoms with E-state index in [-0.39, 0.29) is 11.0 Å². The summed E-state index contributed by atoms with van der Waals surface area (Å²) in [5.41, 5.74) is 6.87. The maximum Gasteiger partial charge on any atom is 0.330 e. The second kappa shape index (κ2) is 7.27. The smallest absolute Gasteiger partial charge is 0.330 e. The molecule has 9 nitrogen and oxygen atoms in total. The zero-order valence-electron chi connectivity index (χ0n) is 17.0. The van der Waals surface area contributed by atoms with Crippen LogP contribution in [-0.2, 0) is 9.16 Å². The lowest BCUT2D eigenvalue weighted by atomic mass is 9.93. The van der Waals surface area contributed by atoms with E-state index in [1.54, 1.807) is 0 Å². The molecule has 1 unspecified atom stereocenters. The summed E-state index contributed by atoms with van der Waals surface area (Å²) >= 11 is 0. The summed E-state index contributed by atoms with van der Waals surface area (Å²) in [7, 11) is -2.22. The molecule has 1 N–H and O–H groups in total. The molecular formula is C17H29N5O4Si. The van der Waals surface area contributed by atoms with Crippen LogP contribution in [0.5, 0.6) is 0 Å². The van der Waals surface area contributed by atoms with Gasteiger partial charge in [0.25, 0.3) is 5.56 Å². The number of H-pyrrole nitrogens is 1. The van der Waals surface area contributed by atoms with E-state index < -0.39 is 37.6 Å². The number of rotatable bonds is 5. The highest BCUT2D eigenvalue weighted by molar-refractivity contribution is 6.74. The highest BCUT2D eigenvalue weighted by Gasteiger charge is 2.55. The predicted molar refractivity (Wildman–Crippen MR) is 105 cm³/mol. The van der Waals surface area contributed by atoms with E-state index >= 15 is 0 Å². The molecule has 1 saturated heterocycles. The van der Waals surface area contributed by atoms with Gasteiger partial charge in [0.1, 0.15) is 0 Å². The summed E-state index contributed by atoms with van der Waals surface area (Å²) in [6.07, 6.45) is 0.524. The molecule has 1 aromatic heterocycles. The average molecular weight is 396 g/mol. The van der Waals surface area contributed by atoms with Crippen molar-refractivity contribution in [2.24, 2.45) is 11.0 Å². The SMILES string of the molecule is CC[C@@]1(N=[N+]=[N-])O[C@@H](n2ccc(=O)[nH]c2=O)C(O[Si](C)(C)C(C)(C)C)[C@H]1C. The van der Waals surface area contributed by atoms with Gasteiger partial charge in [-0.2, -0.15) is 0 Å². The number of aromatic amines is 1. The molecule has 0 aliphatic carbocycles. The predicted octanol–water partition coefficient (Wildman–Crippen LogP) is 3.51. The molecule has 0 saturated carbocycles. The van der Waals surface area contributed by atoms with Crippen LogP contribution >= 0.6 is 0 Å². The number of ether oxygens (including phenoxy) is 1. The van der Waals surface area contributed by atoms with Crippen LogP contribution in [0.25, 0.3) is 10.4 Å². The minimum atomic E-state index is -2.22. The van der Waals surface area contributed by atoms with Gasteiger partial charge in [-0.1, -0.05) is 39.7 Å². The largest absolute Gasteiger partial charge is 0.409 e. The molecule has 27 heavy (non-hydrogen) atoms. The second-order valence-corrected chi connectivity index (χ2v) is 13.3. The zero-order valence-corrected chi connectivity index (χ0v) is 18.0. The number of hydrogen-bond donors (Lipinski definition) is 1. The first kappa shape index (κ1) is 21.4. The fourth-order valence-corrected chi connectivity index (χ4v) is 4.43. The van der Waals surface area contributed by atoms with Crippen molar-refractivity contribution in [2.45, 2.75) is 77.2 Å². The molecule has 2 heterocycles. The van der Waals surface area contributed by atoms with E-state index in [9.17, 15) is 9.59 Å². The van der Waals surface area contributed by atoms with Crippen molar-refractivity contribution in [1.29, 1.82) is 0 Å². The van der Waals surface area contributed by atoms with Crippen LogP contribution < -0.4 is 11.2 Å². The van der Waals surface area contributed by atoms with Crippen LogP contribution in [-0.4, -0.2) is 29.7 Å².